The van der Waals surface area contributed by atoms with Crippen LogP contribution in [0.3, 0.4) is 0 Å². The van der Waals surface area contributed by atoms with E-state index in [9.17, 15) is 4.79 Å². The molecule has 9 heavy (non-hydrogen) atoms. The molecule has 0 spiro atoms. The average Bonchev–Trinajstić information content (AvgIpc) is 1.97. The summed E-state index contributed by atoms with van der Waals surface area (Å²) in [6.45, 7) is 6.11. The van der Waals surface area contributed by atoms with E-state index < -0.39 is 0 Å². The largest absolute Gasteiger partial charge is 0.299 e. The molecular weight excluding hydrogens is 112 g/mol. The molecule has 0 unspecified atom stereocenters. The van der Waals surface area contributed by atoms with Crippen molar-refractivity contribution in [3.8, 4) is 0 Å². The van der Waals surface area contributed by atoms with Gasteiger partial charge in [-0.05, 0) is 12.8 Å². The van der Waals surface area contributed by atoms with Crippen LogP contribution >= 0.6 is 0 Å². The zero-order valence-electron chi connectivity index (χ0n) is 6.40. The number of rotatable bonds is 0. The Balaban J connectivity index is 2.74. The van der Waals surface area contributed by atoms with Crippen LogP contribution < -0.4 is 0 Å². The summed E-state index contributed by atoms with van der Waals surface area (Å²) in [5, 5.41) is 0. The Morgan fingerprint density at radius 1 is 1.56 bits per heavy atom. The van der Waals surface area contributed by atoms with Crippen LogP contribution in [0.25, 0.3) is 0 Å². The third-order valence-corrected chi connectivity index (χ3v) is 2.32. The summed E-state index contributed by atoms with van der Waals surface area (Å²) >= 11 is 0. The third-order valence-electron chi connectivity index (χ3n) is 2.32. The summed E-state index contributed by atoms with van der Waals surface area (Å²) in [5.41, 5.74) is -0.0145. The fraction of sp³-hybridized carbons (Fsp3) is 0.875. The maximum absolute atomic E-state index is 11.2. The maximum Gasteiger partial charge on any atom is 0.141 e. The quantitative estimate of drug-likeness (QED) is 0.485. The second-order valence-corrected chi connectivity index (χ2v) is 3.69. The van der Waals surface area contributed by atoms with Crippen molar-refractivity contribution in [3.05, 3.63) is 0 Å². The monoisotopic (exact) mass is 126 g/mol. The lowest BCUT2D eigenvalue weighted by atomic mass is 9.89. The standard InChI is InChI=1S/C8H14O/c1-6-4-5-8(2,3)7(6)9/h6H,4-5H2,1-3H3/t6-/m1/s1. The number of Topliss-reactive ketones (excluding diaryl/α,β-unsaturated/α-hetero) is 1. The van der Waals surface area contributed by atoms with Crippen LogP contribution in [0.5, 0.6) is 0 Å². The molecule has 0 heterocycles. The molecule has 1 fully saturated rings. The van der Waals surface area contributed by atoms with Crippen LogP contribution in [0.1, 0.15) is 33.6 Å². The molecule has 1 rings (SSSR count). The highest BCUT2D eigenvalue weighted by atomic mass is 16.1. The fourth-order valence-corrected chi connectivity index (χ4v) is 1.50. The van der Waals surface area contributed by atoms with Gasteiger partial charge in [0.25, 0.3) is 0 Å². The molecule has 0 radical (unpaired) electrons. The predicted molar refractivity (Wildman–Crippen MR) is 37.2 cm³/mol. The highest BCUT2D eigenvalue weighted by Crippen LogP contribution is 2.36. The number of carbonyl (C=O) groups excluding carboxylic acids is 1. The molecule has 0 aliphatic heterocycles. The number of ketones is 1. The van der Waals surface area contributed by atoms with E-state index in [-0.39, 0.29) is 5.41 Å². The van der Waals surface area contributed by atoms with Crippen molar-refractivity contribution < 1.29 is 4.79 Å². The molecule has 1 aliphatic rings. The van der Waals surface area contributed by atoms with Crippen LogP contribution in [-0.2, 0) is 4.79 Å². The summed E-state index contributed by atoms with van der Waals surface area (Å²) in [7, 11) is 0. The van der Waals surface area contributed by atoms with E-state index in [2.05, 4.69) is 0 Å². The van der Waals surface area contributed by atoms with E-state index in [1.165, 1.54) is 0 Å². The first-order chi connectivity index (χ1) is 4.04. The number of hydrogen-bond acceptors (Lipinski definition) is 1. The van der Waals surface area contributed by atoms with Gasteiger partial charge < -0.3 is 0 Å². The van der Waals surface area contributed by atoms with Crippen molar-refractivity contribution in [1.29, 1.82) is 0 Å². The van der Waals surface area contributed by atoms with Crippen molar-refractivity contribution in [2.75, 3.05) is 0 Å². The fourth-order valence-electron chi connectivity index (χ4n) is 1.50. The minimum absolute atomic E-state index is 0.0145. The molecule has 1 nitrogen and oxygen atoms in total. The van der Waals surface area contributed by atoms with Crippen molar-refractivity contribution in [2.45, 2.75) is 33.6 Å². The second kappa shape index (κ2) is 1.83. The molecule has 52 valence electrons. The van der Waals surface area contributed by atoms with Gasteiger partial charge in [0, 0.05) is 11.3 Å². The summed E-state index contributed by atoms with van der Waals surface area (Å²) < 4.78 is 0. The van der Waals surface area contributed by atoms with Crippen molar-refractivity contribution in [1.82, 2.24) is 0 Å². The minimum atomic E-state index is -0.0145. The first-order valence-electron chi connectivity index (χ1n) is 3.58. The average molecular weight is 126 g/mol. The van der Waals surface area contributed by atoms with Crippen LogP contribution in [0.4, 0.5) is 0 Å². The van der Waals surface area contributed by atoms with E-state index in [0.29, 0.717) is 11.7 Å². The normalized spacial score (nSPS) is 33.2. The summed E-state index contributed by atoms with van der Waals surface area (Å²) in [4.78, 5) is 11.2. The van der Waals surface area contributed by atoms with Crippen LogP contribution in [0, 0.1) is 11.3 Å². The highest BCUT2D eigenvalue weighted by Gasteiger charge is 2.37. The van der Waals surface area contributed by atoms with Gasteiger partial charge in [0.1, 0.15) is 5.78 Å². The Morgan fingerprint density at radius 2 is 2.11 bits per heavy atom. The van der Waals surface area contributed by atoms with Gasteiger partial charge in [-0.1, -0.05) is 20.8 Å². The predicted octanol–water partition coefficient (Wildman–Crippen LogP) is 2.01. The second-order valence-electron chi connectivity index (χ2n) is 3.69. The van der Waals surface area contributed by atoms with E-state index in [1.54, 1.807) is 0 Å². The number of carbonyl (C=O) groups is 1. The van der Waals surface area contributed by atoms with Gasteiger partial charge in [-0.15, -0.1) is 0 Å². The molecule has 0 amide bonds. The molecule has 1 aliphatic carbocycles. The van der Waals surface area contributed by atoms with Gasteiger partial charge in [-0.3, -0.25) is 4.79 Å². The molecule has 0 N–H and O–H groups in total. The molecular formula is C8H14O. The van der Waals surface area contributed by atoms with Gasteiger partial charge in [-0.2, -0.15) is 0 Å². The lowest BCUT2D eigenvalue weighted by Crippen LogP contribution is -2.19. The molecule has 0 aromatic rings. The Labute approximate surface area is 56.4 Å². The van der Waals surface area contributed by atoms with Crippen molar-refractivity contribution >= 4 is 5.78 Å². The Hall–Kier alpha value is -0.330. The Morgan fingerprint density at radius 3 is 2.22 bits per heavy atom. The van der Waals surface area contributed by atoms with Crippen LogP contribution in [-0.4, -0.2) is 5.78 Å². The molecule has 1 heteroatoms. The third kappa shape index (κ3) is 1.00. The maximum atomic E-state index is 11.2. The number of hydrogen-bond donors (Lipinski definition) is 0. The molecule has 0 aromatic carbocycles. The van der Waals surface area contributed by atoms with Crippen molar-refractivity contribution in [3.63, 3.8) is 0 Å². The summed E-state index contributed by atoms with van der Waals surface area (Å²) in [6, 6.07) is 0. The lowest BCUT2D eigenvalue weighted by molar-refractivity contribution is -0.127. The smallest absolute Gasteiger partial charge is 0.141 e. The van der Waals surface area contributed by atoms with Gasteiger partial charge in [0.15, 0.2) is 0 Å². The summed E-state index contributed by atoms with van der Waals surface area (Å²) in [5.74, 6) is 0.766. The van der Waals surface area contributed by atoms with E-state index >= 15 is 0 Å². The highest BCUT2D eigenvalue weighted by molar-refractivity contribution is 5.87. The molecule has 0 aromatic heterocycles. The Bertz CT molecular complexity index is 136. The van der Waals surface area contributed by atoms with E-state index in [0.717, 1.165) is 12.8 Å². The first kappa shape index (κ1) is 6.79. The minimum Gasteiger partial charge on any atom is -0.299 e. The SMILES string of the molecule is C[C@@H]1CCC(C)(C)C1=O. The zero-order valence-corrected chi connectivity index (χ0v) is 6.40. The molecule has 1 atom stereocenters. The topological polar surface area (TPSA) is 17.1 Å². The van der Waals surface area contributed by atoms with Crippen LogP contribution in [0.15, 0.2) is 0 Å². The van der Waals surface area contributed by atoms with Gasteiger partial charge in [0.2, 0.25) is 0 Å². The van der Waals surface area contributed by atoms with E-state index in [1.807, 2.05) is 20.8 Å². The van der Waals surface area contributed by atoms with E-state index in [4.69, 9.17) is 0 Å². The summed E-state index contributed by atoms with van der Waals surface area (Å²) in [6.07, 6.45) is 2.17. The van der Waals surface area contributed by atoms with Gasteiger partial charge >= 0.3 is 0 Å². The molecule has 1 saturated carbocycles. The zero-order chi connectivity index (χ0) is 7.07. The van der Waals surface area contributed by atoms with Gasteiger partial charge in [-0.25, -0.2) is 0 Å². The van der Waals surface area contributed by atoms with Crippen molar-refractivity contribution in [2.24, 2.45) is 11.3 Å². The van der Waals surface area contributed by atoms with Crippen LogP contribution in [0.2, 0.25) is 0 Å². The molecule has 0 saturated heterocycles. The van der Waals surface area contributed by atoms with Gasteiger partial charge in [0.05, 0.1) is 0 Å². The lowest BCUT2D eigenvalue weighted by Gasteiger charge is -2.13. The molecule has 0 bridgehead atoms. The first-order valence-corrected chi connectivity index (χ1v) is 3.58. The Kier molecular flexibility index (Phi) is 1.38.